The molecule has 0 fully saturated rings. The molecule has 25 heavy (non-hydrogen) atoms. The fourth-order valence-corrected chi connectivity index (χ4v) is 2.97. The van der Waals surface area contributed by atoms with Crippen LogP contribution >= 0.6 is 11.6 Å². The Morgan fingerprint density at radius 3 is 2.56 bits per heavy atom. The van der Waals surface area contributed by atoms with Gasteiger partial charge in [0.15, 0.2) is 5.76 Å². The Labute approximate surface area is 151 Å². The molecule has 0 spiro atoms. The molecule has 0 radical (unpaired) electrons. The molecule has 0 saturated heterocycles. The topological polar surface area (TPSA) is 42.5 Å². The first-order valence-corrected chi connectivity index (χ1v) is 8.58. The molecule has 0 bridgehead atoms. The molecule has 0 amide bonds. The molecule has 3 aromatic heterocycles. The van der Waals surface area contributed by atoms with Gasteiger partial charge in [0.2, 0.25) is 0 Å². The van der Waals surface area contributed by atoms with Crippen LogP contribution in [0.25, 0.3) is 17.1 Å². The van der Waals surface area contributed by atoms with Crippen LogP contribution < -0.4 is 5.32 Å². The van der Waals surface area contributed by atoms with E-state index in [-0.39, 0.29) is 0 Å². The van der Waals surface area contributed by atoms with Crippen LogP contribution in [-0.2, 0) is 0 Å². The highest BCUT2D eigenvalue weighted by Gasteiger charge is 2.16. The molecular weight excluding hydrogens is 334 g/mol. The number of nitrogens with one attached hydrogen (secondary N) is 1. The third-order valence-electron chi connectivity index (χ3n) is 4.18. The van der Waals surface area contributed by atoms with E-state index in [2.05, 4.69) is 48.4 Å². The largest absolute Gasteiger partial charge is 0.463 e. The summed E-state index contributed by atoms with van der Waals surface area (Å²) in [6, 6.07) is 15.9. The van der Waals surface area contributed by atoms with Crippen LogP contribution in [0, 0.1) is 0 Å². The van der Waals surface area contributed by atoms with E-state index in [1.54, 1.807) is 6.26 Å². The van der Waals surface area contributed by atoms with Crippen molar-refractivity contribution in [3.05, 3.63) is 71.6 Å². The van der Waals surface area contributed by atoms with Crippen molar-refractivity contribution in [1.82, 2.24) is 9.38 Å². The van der Waals surface area contributed by atoms with Crippen molar-refractivity contribution in [2.45, 2.75) is 19.8 Å². The van der Waals surface area contributed by atoms with Gasteiger partial charge in [-0.2, -0.15) is 0 Å². The van der Waals surface area contributed by atoms with Crippen LogP contribution in [0.15, 0.2) is 65.4 Å². The smallest absolute Gasteiger partial charge is 0.156 e. The minimum absolute atomic E-state index is 0.502. The Morgan fingerprint density at radius 1 is 1.08 bits per heavy atom. The zero-order valence-corrected chi connectivity index (χ0v) is 14.8. The maximum absolute atomic E-state index is 6.18. The molecule has 0 aliphatic heterocycles. The molecule has 5 heteroatoms. The number of anilines is 2. The summed E-state index contributed by atoms with van der Waals surface area (Å²) in [6.07, 6.45) is 3.49. The molecule has 1 aromatic carbocycles. The number of aromatic nitrogens is 2. The summed E-state index contributed by atoms with van der Waals surface area (Å²) in [5.41, 5.74) is 3.84. The molecule has 126 valence electrons. The van der Waals surface area contributed by atoms with Gasteiger partial charge in [0.05, 0.1) is 11.3 Å². The van der Waals surface area contributed by atoms with Crippen molar-refractivity contribution in [1.29, 1.82) is 0 Å². The first-order chi connectivity index (χ1) is 12.1. The summed E-state index contributed by atoms with van der Waals surface area (Å²) in [7, 11) is 0. The molecule has 0 atom stereocenters. The van der Waals surface area contributed by atoms with Gasteiger partial charge in [-0.3, -0.25) is 4.40 Å². The van der Waals surface area contributed by atoms with Crippen LogP contribution in [0.2, 0.25) is 5.02 Å². The van der Waals surface area contributed by atoms with E-state index in [0.29, 0.717) is 16.7 Å². The van der Waals surface area contributed by atoms with Crippen LogP contribution in [-0.4, -0.2) is 9.38 Å². The second-order valence-corrected chi connectivity index (χ2v) is 6.70. The van der Waals surface area contributed by atoms with Crippen molar-refractivity contribution in [2.24, 2.45) is 0 Å². The fraction of sp³-hybridized carbons (Fsp3) is 0.150. The van der Waals surface area contributed by atoms with Crippen LogP contribution in [0.5, 0.6) is 0 Å². The predicted molar refractivity (Wildman–Crippen MR) is 102 cm³/mol. The first kappa shape index (κ1) is 15.8. The molecule has 0 aliphatic rings. The second kappa shape index (κ2) is 6.30. The Kier molecular flexibility index (Phi) is 3.98. The molecule has 4 nitrogen and oxygen atoms in total. The lowest BCUT2D eigenvalue weighted by atomic mass is 10.0. The third kappa shape index (κ3) is 3.01. The average molecular weight is 352 g/mol. The summed E-state index contributed by atoms with van der Waals surface area (Å²) >= 11 is 6.18. The molecule has 1 N–H and O–H groups in total. The Hall–Kier alpha value is -2.72. The highest BCUT2D eigenvalue weighted by molar-refractivity contribution is 6.30. The number of pyridine rings is 1. The van der Waals surface area contributed by atoms with Gasteiger partial charge >= 0.3 is 0 Å². The number of fused-ring (bicyclic) bond motifs is 1. The second-order valence-electron chi connectivity index (χ2n) is 6.26. The Bertz CT molecular complexity index is 1000. The zero-order valence-electron chi connectivity index (χ0n) is 14.0. The van der Waals surface area contributed by atoms with Crippen LogP contribution in [0.1, 0.15) is 25.3 Å². The number of imidazole rings is 1. The Morgan fingerprint density at radius 2 is 1.88 bits per heavy atom. The lowest BCUT2D eigenvalue weighted by molar-refractivity contribution is 0.581. The number of hydrogen-bond acceptors (Lipinski definition) is 3. The van der Waals surface area contributed by atoms with Gasteiger partial charge in [-0.1, -0.05) is 37.6 Å². The summed E-state index contributed by atoms with van der Waals surface area (Å²) in [5, 5.41) is 4.11. The van der Waals surface area contributed by atoms with E-state index in [1.807, 2.05) is 34.9 Å². The maximum Gasteiger partial charge on any atom is 0.156 e. The van der Waals surface area contributed by atoms with Crippen LogP contribution in [0.4, 0.5) is 11.5 Å². The highest BCUT2D eigenvalue weighted by Crippen LogP contribution is 2.32. The summed E-state index contributed by atoms with van der Waals surface area (Å²) < 4.78 is 7.50. The summed E-state index contributed by atoms with van der Waals surface area (Å²) in [5.74, 6) is 2.04. The van der Waals surface area contributed by atoms with Crippen molar-refractivity contribution in [3.63, 3.8) is 0 Å². The number of furan rings is 1. The first-order valence-electron chi connectivity index (χ1n) is 8.20. The molecule has 0 unspecified atom stereocenters. The number of nitrogens with zero attached hydrogens (tertiary/aromatic N) is 2. The van der Waals surface area contributed by atoms with Gasteiger partial charge in [0.1, 0.15) is 17.2 Å². The van der Waals surface area contributed by atoms with E-state index in [9.17, 15) is 0 Å². The molecule has 0 saturated carbocycles. The zero-order chi connectivity index (χ0) is 17.4. The minimum atomic E-state index is 0.502. The molecule has 0 aliphatic carbocycles. The average Bonchev–Trinajstić information content (AvgIpc) is 3.24. The highest BCUT2D eigenvalue weighted by atomic mass is 35.5. The molecule has 4 aromatic rings. The SMILES string of the molecule is CC(C)c1ccc(Nc2c(-c3ccco3)nc3ccc(Cl)cn23)cc1. The van der Waals surface area contributed by atoms with E-state index < -0.39 is 0 Å². The normalized spacial score (nSPS) is 11.4. The quantitative estimate of drug-likeness (QED) is 0.482. The van der Waals surface area contributed by atoms with E-state index >= 15 is 0 Å². The van der Waals surface area contributed by atoms with E-state index in [0.717, 1.165) is 22.8 Å². The maximum atomic E-state index is 6.18. The number of hydrogen-bond donors (Lipinski definition) is 1. The lowest BCUT2D eigenvalue weighted by Gasteiger charge is -2.10. The number of benzene rings is 1. The molecule has 3 heterocycles. The van der Waals surface area contributed by atoms with Gasteiger partial charge in [-0.25, -0.2) is 4.98 Å². The number of halogens is 1. The van der Waals surface area contributed by atoms with Gasteiger partial charge in [0.25, 0.3) is 0 Å². The predicted octanol–water partition coefficient (Wildman–Crippen LogP) is 6.11. The number of rotatable bonds is 4. The van der Waals surface area contributed by atoms with Gasteiger partial charge in [0, 0.05) is 11.9 Å². The molecular formula is C20H18ClN3O. The van der Waals surface area contributed by atoms with Gasteiger partial charge in [-0.05, 0) is 47.9 Å². The van der Waals surface area contributed by atoms with Crippen molar-refractivity contribution < 1.29 is 4.42 Å². The van der Waals surface area contributed by atoms with Crippen molar-refractivity contribution in [2.75, 3.05) is 5.32 Å². The molecule has 4 rings (SSSR count). The third-order valence-corrected chi connectivity index (χ3v) is 4.40. The van der Waals surface area contributed by atoms with Crippen molar-refractivity contribution in [3.8, 4) is 11.5 Å². The summed E-state index contributed by atoms with van der Waals surface area (Å²) in [4.78, 5) is 4.69. The monoisotopic (exact) mass is 351 g/mol. The fourth-order valence-electron chi connectivity index (χ4n) is 2.81. The van der Waals surface area contributed by atoms with E-state index in [1.165, 1.54) is 5.56 Å². The Balaban J connectivity index is 1.81. The standard InChI is InChI=1S/C20H18ClN3O/c1-13(2)14-5-8-16(9-6-14)22-20-19(17-4-3-11-25-17)23-18-10-7-15(21)12-24(18)20/h3-13,22H,1-2H3. The van der Waals surface area contributed by atoms with Crippen LogP contribution in [0.3, 0.4) is 0 Å². The summed E-state index contributed by atoms with van der Waals surface area (Å²) in [6.45, 7) is 4.37. The van der Waals surface area contributed by atoms with Gasteiger partial charge < -0.3 is 9.73 Å². The van der Waals surface area contributed by atoms with Gasteiger partial charge in [-0.15, -0.1) is 0 Å². The lowest BCUT2D eigenvalue weighted by Crippen LogP contribution is -1.97. The van der Waals surface area contributed by atoms with E-state index in [4.69, 9.17) is 16.0 Å². The van der Waals surface area contributed by atoms with Crippen molar-refractivity contribution >= 4 is 28.8 Å². The minimum Gasteiger partial charge on any atom is -0.463 e.